The van der Waals surface area contributed by atoms with Crippen LogP contribution in [-0.2, 0) is 6.54 Å². The van der Waals surface area contributed by atoms with E-state index in [0.29, 0.717) is 18.9 Å². The van der Waals surface area contributed by atoms with Crippen LogP contribution in [0, 0.1) is 10.1 Å². The van der Waals surface area contributed by atoms with Crippen molar-refractivity contribution < 1.29 is 9.66 Å². The number of hydrogen-bond acceptors (Lipinski definition) is 6. The van der Waals surface area contributed by atoms with E-state index in [-0.39, 0.29) is 5.69 Å². The minimum atomic E-state index is -0.424. The zero-order chi connectivity index (χ0) is 16.9. The number of nitrogens with zero attached hydrogens (tertiary/aromatic N) is 3. The van der Waals surface area contributed by atoms with E-state index in [1.54, 1.807) is 23.5 Å². The maximum absolute atomic E-state index is 10.7. The molecule has 1 aromatic heterocycles. The average molecular weight is 343 g/mol. The summed E-state index contributed by atoms with van der Waals surface area (Å²) in [6, 6.07) is 14.3. The van der Waals surface area contributed by atoms with Gasteiger partial charge in [-0.25, -0.2) is 4.98 Å². The first kappa shape index (κ1) is 16.4. The summed E-state index contributed by atoms with van der Waals surface area (Å²) in [5.74, 6) is 0.512. The Bertz CT molecular complexity index is 817. The van der Waals surface area contributed by atoms with E-state index in [1.165, 1.54) is 16.8 Å². The van der Waals surface area contributed by atoms with Crippen LogP contribution < -0.4 is 4.74 Å². The van der Waals surface area contributed by atoms with Crippen molar-refractivity contribution in [2.45, 2.75) is 6.54 Å². The average Bonchev–Trinajstić information content (AvgIpc) is 2.97. The molecule has 0 fully saturated rings. The number of non-ortho nitro benzene ring substituents is 1. The van der Waals surface area contributed by atoms with Crippen molar-refractivity contribution >= 4 is 27.2 Å². The highest BCUT2D eigenvalue weighted by Gasteiger charge is 2.08. The highest BCUT2D eigenvalue weighted by molar-refractivity contribution is 7.18. The predicted molar refractivity (Wildman–Crippen MR) is 94.5 cm³/mol. The Labute approximate surface area is 143 Å². The Kier molecular flexibility index (Phi) is 5.02. The van der Waals surface area contributed by atoms with E-state index >= 15 is 0 Å². The molecular formula is C17H17N3O3S. The van der Waals surface area contributed by atoms with Crippen molar-refractivity contribution in [2.75, 3.05) is 20.2 Å². The highest BCUT2D eigenvalue weighted by atomic mass is 32.1. The second-order valence-electron chi connectivity index (χ2n) is 5.42. The zero-order valence-electron chi connectivity index (χ0n) is 13.2. The monoisotopic (exact) mass is 343 g/mol. The molecule has 3 rings (SSSR count). The number of nitro benzene ring substituents is 1. The van der Waals surface area contributed by atoms with Gasteiger partial charge in [-0.3, -0.25) is 15.0 Å². The van der Waals surface area contributed by atoms with Crippen LogP contribution in [0.5, 0.6) is 5.75 Å². The molecule has 0 bridgehead atoms. The number of para-hydroxylation sites is 1. The van der Waals surface area contributed by atoms with Crippen molar-refractivity contribution in [2.24, 2.45) is 0 Å². The number of benzene rings is 2. The van der Waals surface area contributed by atoms with Gasteiger partial charge in [0.15, 0.2) is 0 Å². The fraction of sp³-hybridized carbons (Fsp3) is 0.235. The normalized spacial score (nSPS) is 11.1. The molecule has 124 valence electrons. The molecule has 3 aromatic rings. The summed E-state index contributed by atoms with van der Waals surface area (Å²) in [6.45, 7) is 1.92. The molecule has 6 nitrogen and oxygen atoms in total. The fourth-order valence-electron chi connectivity index (χ4n) is 2.30. The molecule has 24 heavy (non-hydrogen) atoms. The number of fused-ring (bicyclic) bond motifs is 1. The zero-order valence-corrected chi connectivity index (χ0v) is 14.0. The van der Waals surface area contributed by atoms with Crippen molar-refractivity contribution in [3.05, 3.63) is 63.7 Å². The van der Waals surface area contributed by atoms with Crippen molar-refractivity contribution in [3.8, 4) is 5.75 Å². The van der Waals surface area contributed by atoms with E-state index in [4.69, 9.17) is 4.74 Å². The first-order chi connectivity index (χ1) is 11.6. The first-order valence-corrected chi connectivity index (χ1v) is 8.34. The molecule has 0 aliphatic heterocycles. The molecule has 0 radical (unpaired) electrons. The number of ether oxygens (including phenoxy) is 1. The molecule has 1 heterocycles. The molecule has 0 spiro atoms. The lowest BCUT2D eigenvalue weighted by Crippen LogP contribution is -2.23. The quantitative estimate of drug-likeness (QED) is 0.483. The molecule has 0 atom stereocenters. The molecule has 0 amide bonds. The number of hydrogen-bond donors (Lipinski definition) is 0. The Morgan fingerprint density at radius 2 is 2.08 bits per heavy atom. The van der Waals surface area contributed by atoms with Crippen molar-refractivity contribution in [1.29, 1.82) is 0 Å². The maximum atomic E-state index is 10.7. The van der Waals surface area contributed by atoms with Gasteiger partial charge >= 0.3 is 0 Å². The Morgan fingerprint density at radius 3 is 2.88 bits per heavy atom. The lowest BCUT2D eigenvalue weighted by molar-refractivity contribution is -0.384. The minimum absolute atomic E-state index is 0.0373. The van der Waals surface area contributed by atoms with Crippen LogP contribution in [-0.4, -0.2) is 35.0 Å². The molecule has 0 saturated heterocycles. The van der Waals surface area contributed by atoms with Crippen LogP contribution in [0.1, 0.15) is 5.01 Å². The summed E-state index contributed by atoms with van der Waals surface area (Å²) >= 11 is 1.69. The van der Waals surface area contributed by atoms with Crippen molar-refractivity contribution in [1.82, 2.24) is 9.88 Å². The largest absolute Gasteiger partial charge is 0.492 e. The van der Waals surface area contributed by atoms with Crippen LogP contribution in [0.3, 0.4) is 0 Å². The SMILES string of the molecule is CN(CCOc1cccc([N+](=O)[O-])c1)Cc1nc2ccccc2s1. The van der Waals surface area contributed by atoms with Gasteiger partial charge in [-0.05, 0) is 25.2 Å². The minimum Gasteiger partial charge on any atom is -0.492 e. The van der Waals surface area contributed by atoms with Crippen LogP contribution >= 0.6 is 11.3 Å². The molecule has 0 N–H and O–H groups in total. The third-order valence-corrected chi connectivity index (χ3v) is 4.53. The molecular weight excluding hydrogens is 326 g/mol. The summed E-state index contributed by atoms with van der Waals surface area (Å²) in [5.41, 5.74) is 1.06. The van der Waals surface area contributed by atoms with E-state index in [2.05, 4.69) is 16.0 Å². The molecule has 0 aliphatic carbocycles. The van der Waals surface area contributed by atoms with Gasteiger partial charge in [-0.15, -0.1) is 11.3 Å². The topological polar surface area (TPSA) is 68.5 Å². The lowest BCUT2D eigenvalue weighted by Gasteiger charge is -2.15. The van der Waals surface area contributed by atoms with Gasteiger partial charge in [0.05, 0.1) is 27.8 Å². The molecule has 0 aliphatic rings. The van der Waals surface area contributed by atoms with Crippen LogP contribution in [0.2, 0.25) is 0 Å². The van der Waals surface area contributed by atoms with Gasteiger partial charge in [0, 0.05) is 12.6 Å². The summed E-state index contributed by atoms with van der Waals surface area (Å²) in [6.07, 6.45) is 0. The second-order valence-corrected chi connectivity index (χ2v) is 6.53. The maximum Gasteiger partial charge on any atom is 0.273 e. The van der Waals surface area contributed by atoms with E-state index in [1.807, 2.05) is 25.2 Å². The number of aromatic nitrogens is 1. The Balaban J connectivity index is 1.51. The number of likely N-dealkylation sites (N-methyl/N-ethyl adjacent to an activating group) is 1. The van der Waals surface area contributed by atoms with Gasteiger partial charge in [-0.1, -0.05) is 18.2 Å². The summed E-state index contributed by atoms with van der Waals surface area (Å²) < 4.78 is 6.79. The first-order valence-electron chi connectivity index (χ1n) is 7.52. The lowest BCUT2D eigenvalue weighted by atomic mass is 10.3. The van der Waals surface area contributed by atoms with Crippen LogP contribution in [0.15, 0.2) is 48.5 Å². The van der Waals surface area contributed by atoms with Gasteiger partial charge in [0.25, 0.3) is 5.69 Å². The molecule has 0 saturated carbocycles. The number of rotatable bonds is 7. The third kappa shape index (κ3) is 4.06. The standard InChI is InChI=1S/C17H17N3O3S/c1-19(12-17-18-15-7-2-3-8-16(15)24-17)9-10-23-14-6-4-5-13(11-14)20(21)22/h2-8,11H,9-10,12H2,1H3. The highest BCUT2D eigenvalue weighted by Crippen LogP contribution is 2.22. The second kappa shape index (κ2) is 7.37. The third-order valence-electron chi connectivity index (χ3n) is 3.51. The van der Waals surface area contributed by atoms with Crippen molar-refractivity contribution in [3.63, 3.8) is 0 Å². The summed E-state index contributed by atoms with van der Waals surface area (Å²) in [4.78, 5) is 17.1. The molecule has 0 unspecified atom stereocenters. The van der Waals surface area contributed by atoms with E-state index in [9.17, 15) is 10.1 Å². The number of thiazole rings is 1. The smallest absolute Gasteiger partial charge is 0.273 e. The fourth-order valence-corrected chi connectivity index (χ4v) is 3.35. The Hall–Kier alpha value is -2.51. The number of nitro groups is 1. The van der Waals surface area contributed by atoms with Gasteiger partial charge in [-0.2, -0.15) is 0 Å². The predicted octanol–water partition coefficient (Wildman–Crippen LogP) is 3.72. The molecule has 2 aromatic carbocycles. The van der Waals surface area contributed by atoms with Crippen LogP contribution in [0.4, 0.5) is 5.69 Å². The van der Waals surface area contributed by atoms with Crippen LogP contribution in [0.25, 0.3) is 10.2 Å². The van der Waals surface area contributed by atoms with E-state index in [0.717, 1.165) is 17.1 Å². The van der Waals surface area contributed by atoms with Gasteiger partial charge < -0.3 is 4.74 Å². The van der Waals surface area contributed by atoms with Gasteiger partial charge in [0.1, 0.15) is 17.4 Å². The van der Waals surface area contributed by atoms with Gasteiger partial charge in [0.2, 0.25) is 0 Å². The molecule has 7 heteroatoms. The summed E-state index contributed by atoms with van der Waals surface area (Å²) in [7, 11) is 2.00. The Morgan fingerprint density at radius 1 is 1.25 bits per heavy atom. The summed E-state index contributed by atoms with van der Waals surface area (Å²) in [5, 5.41) is 11.8. The van der Waals surface area contributed by atoms with E-state index < -0.39 is 4.92 Å².